The third-order valence-electron chi connectivity index (χ3n) is 4.31. The summed E-state index contributed by atoms with van der Waals surface area (Å²) >= 11 is 0. The summed E-state index contributed by atoms with van der Waals surface area (Å²) in [5, 5.41) is 0. The van der Waals surface area contributed by atoms with E-state index in [0.29, 0.717) is 43.5 Å². The van der Waals surface area contributed by atoms with Crippen molar-refractivity contribution < 1.29 is 23.0 Å². The molecule has 0 radical (unpaired) electrons. The normalized spacial score (nSPS) is 13.8. The summed E-state index contributed by atoms with van der Waals surface area (Å²) in [6, 6.07) is 4.47. The second-order valence-electron chi connectivity index (χ2n) is 5.75. The van der Waals surface area contributed by atoms with Gasteiger partial charge in [-0.3, -0.25) is 4.79 Å². The van der Waals surface area contributed by atoms with Crippen LogP contribution in [0.15, 0.2) is 24.4 Å². The van der Waals surface area contributed by atoms with Crippen LogP contribution >= 0.6 is 0 Å². The Morgan fingerprint density at radius 3 is 2.08 bits per heavy atom. The molecule has 1 aromatic heterocycles. The van der Waals surface area contributed by atoms with E-state index in [4.69, 9.17) is 9.47 Å². The summed E-state index contributed by atoms with van der Waals surface area (Å²) in [6.07, 6.45) is 2.05. The lowest BCUT2D eigenvalue weighted by atomic mass is 10.0. The lowest BCUT2D eigenvalue weighted by Gasteiger charge is -2.19. The lowest BCUT2D eigenvalue weighted by Crippen LogP contribution is -2.34. The smallest absolute Gasteiger partial charge is 0.275 e. The molecule has 0 fully saturated rings. The monoisotopic (exact) mass is 348 g/mol. The molecule has 132 valence electrons. The minimum absolute atomic E-state index is 0.359. The molecule has 3 rings (SSSR count). The third kappa shape index (κ3) is 3.40. The van der Waals surface area contributed by atoms with Gasteiger partial charge in [0.1, 0.15) is 5.82 Å². The van der Waals surface area contributed by atoms with Crippen LogP contribution in [0.4, 0.5) is 8.78 Å². The first-order valence-electron chi connectivity index (χ1n) is 7.87. The Labute approximate surface area is 144 Å². The van der Waals surface area contributed by atoms with Gasteiger partial charge in [0, 0.05) is 19.2 Å². The van der Waals surface area contributed by atoms with E-state index in [1.165, 1.54) is 4.90 Å². The molecule has 2 heterocycles. The van der Waals surface area contributed by atoms with Crippen LogP contribution in [0, 0.1) is 11.6 Å². The van der Waals surface area contributed by atoms with Crippen LogP contribution in [0.3, 0.4) is 0 Å². The predicted molar refractivity (Wildman–Crippen MR) is 87.0 cm³/mol. The van der Waals surface area contributed by atoms with Crippen LogP contribution in [0.5, 0.6) is 11.5 Å². The Bertz CT molecular complexity index is 776. The summed E-state index contributed by atoms with van der Waals surface area (Å²) in [5.41, 5.74) is 1.75. The first-order valence-corrected chi connectivity index (χ1v) is 7.87. The van der Waals surface area contributed by atoms with Crippen molar-refractivity contribution in [1.29, 1.82) is 0 Å². The van der Waals surface area contributed by atoms with Gasteiger partial charge in [-0.15, -0.1) is 0 Å². The second kappa shape index (κ2) is 7.04. The number of nitrogens with zero attached hydrogens (tertiary/aromatic N) is 2. The number of hydrogen-bond acceptors (Lipinski definition) is 4. The first-order chi connectivity index (χ1) is 12.0. The molecule has 0 N–H and O–H groups in total. The molecule has 1 amide bonds. The largest absolute Gasteiger partial charge is 0.493 e. The maximum absolute atomic E-state index is 13.8. The van der Waals surface area contributed by atoms with E-state index in [-0.39, 0.29) is 5.69 Å². The molecule has 1 aliphatic rings. The van der Waals surface area contributed by atoms with Crippen LogP contribution in [0.1, 0.15) is 21.6 Å². The van der Waals surface area contributed by atoms with E-state index < -0.39 is 17.5 Å². The zero-order valence-corrected chi connectivity index (χ0v) is 14.0. The molecule has 1 aliphatic heterocycles. The molecule has 0 bridgehead atoms. The number of fused-ring (bicyclic) bond motifs is 1. The van der Waals surface area contributed by atoms with Crippen molar-refractivity contribution >= 4 is 5.91 Å². The van der Waals surface area contributed by atoms with E-state index >= 15 is 0 Å². The fraction of sp³-hybridized carbons (Fsp3) is 0.333. The summed E-state index contributed by atoms with van der Waals surface area (Å²) in [6.45, 7) is 0.833. The van der Waals surface area contributed by atoms with Gasteiger partial charge in [0.25, 0.3) is 5.91 Å². The Balaban J connectivity index is 1.83. The maximum atomic E-state index is 13.8. The minimum Gasteiger partial charge on any atom is -0.493 e. The predicted octanol–water partition coefficient (Wildman–Crippen LogP) is 2.62. The first kappa shape index (κ1) is 17.1. The van der Waals surface area contributed by atoms with E-state index in [1.54, 1.807) is 14.2 Å². The molecular weight excluding hydrogens is 330 g/mol. The average molecular weight is 348 g/mol. The number of ether oxygens (including phenoxy) is 2. The molecule has 7 heteroatoms. The number of halogens is 2. The number of carbonyl (C=O) groups is 1. The van der Waals surface area contributed by atoms with Gasteiger partial charge in [-0.05, 0) is 36.1 Å². The Hall–Kier alpha value is -2.70. The summed E-state index contributed by atoms with van der Waals surface area (Å²) in [4.78, 5) is 17.7. The highest BCUT2D eigenvalue weighted by Gasteiger charge is 2.24. The maximum Gasteiger partial charge on any atom is 0.275 e. The van der Waals surface area contributed by atoms with Crippen molar-refractivity contribution in [2.75, 3.05) is 27.3 Å². The summed E-state index contributed by atoms with van der Waals surface area (Å²) < 4.78 is 37.4. The van der Waals surface area contributed by atoms with Gasteiger partial charge in [-0.2, -0.15) is 0 Å². The molecule has 0 aliphatic carbocycles. The fourth-order valence-corrected chi connectivity index (χ4v) is 2.98. The Morgan fingerprint density at radius 2 is 1.60 bits per heavy atom. The highest BCUT2D eigenvalue weighted by molar-refractivity contribution is 5.92. The molecular formula is C18H18F2N2O3. The van der Waals surface area contributed by atoms with Crippen LogP contribution in [0.25, 0.3) is 0 Å². The van der Waals surface area contributed by atoms with Gasteiger partial charge in [-0.1, -0.05) is 0 Å². The number of benzene rings is 1. The molecule has 0 saturated carbocycles. The summed E-state index contributed by atoms with van der Waals surface area (Å²) in [7, 11) is 3.14. The molecule has 0 saturated heterocycles. The minimum atomic E-state index is -0.949. The third-order valence-corrected chi connectivity index (χ3v) is 4.31. The number of hydrogen-bond donors (Lipinski definition) is 0. The topological polar surface area (TPSA) is 51.7 Å². The van der Waals surface area contributed by atoms with Gasteiger partial charge < -0.3 is 14.4 Å². The molecule has 2 aromatic rings. The zero-order chi connectivity index (χ0) is 18.0. The quantitative estimate of drug-likeness (QED) is 0.856. The number of carbonyl (C=O) groups excluding carboxylic acids is 1. The van der Waals surface area contributed by atoms with Crippen molar-refractivity contribution in [2.45, 2.75) is 12.8 Å². The zero-order valence-electron chi connectivity index (χ0n) is 14.0. The van der Waals surface area contributed by atoms with Gasteiger partial charge in [0.05, 0.1) is 20.4 Å². The van der Waals surface area contributed by atoms with Crippen LogP contribution < -0.4 is 9.47 Å². The number of aromatic nitrogens is 1. The number of rotatable bonds is 3. The average Bonchev–Trinajstić information content (AvgIpc) is 2.82. The van der Waals surface area contributed by atoms with E-state index in [9.17, 15) is 13.6 Å². The van der Waals surface area contributed by atoms with Crippen LogP contribution in [0.2, 0.25) is 0 Å². The molecule has 0 atom stereocenters. The van der Waals surface area contributed by atoms with E-state index in [2.05, 4.69) is 4.98 Å². The number of methoxy groups -OCH3 is 2. The number of pyridine rings is 1. The van der Waals surface area contributed by atoms with Crippen molar-refractivity contribution in [3.63, 3.8) is 0 Å². The van der Waals surface area contributed by atoms with Gasteiger partial charge in [0.15, 0.2) is 23.0 Å². The van der Waals surface area contributed by atoms with Crippen molar-refractivity contribution in [1.82, 2.24) is 9.88 Å². The van der Waals surface area contributed by atoms with Crippen molar-refractivity contribution in [3.05, 3.63) is 52.9 Å². The van der Waals surface area contributed by atoms with Crippen LogP contribution in [-0.2, 0) is 12.8 Å². The van der Waals surface area contributed by atoms with Gasteiger partial charge >= 0.3 is 0 Å². The Morgan fingerprint density at radius 1 is 1.04 bits per heavy atom. The van der Waals surface area contributed by atoms with Crippen LogP contribution in [-0.4, -0.2) is 43.1 Å². The second-order valence-corrected chi connectivity index (χ2v) is 5.75. The highest BCUT2D eigenvalue weighted by atomic mass is 19.1. The highest BCUT2D eigenvalue weighted by Crippen LogP contribution is 2.32. The number of amides is 1. The molecule has 0 spiro atoms. The van der Waals surface area contributed by atoms with Crippen molar-refractivity contribution in [2.24, 2.45) is 0 Å². The fourth-order valence-electron chi connectivity index (χ4n) is 2.98. The SMILES string of the molecule is COc1cc2c(cc1OC)CCN(C(=O)c1ncc(F)cc1F)CC2. The van der Waals surface area contributed by atoms with E-state index in [0.717, 1.165) is 17.3 Å². The van der Waals surface area contributed by atoms with Gasteiger partial charge in [0.2, 0.25) is 0 Å². The molecule has 0 unspecified atom stereocenters. The Kier molecular flexibility index (Phi) is 4.83. The lowest BCUT2D eigenvalue weighted by molar-refractivity contribution is 0.0752. The van der Waals surface area contributed by atoms with Gasteiger partial charge in [-0.25, -0.2) is 13.8 Å². The summed E-state index contributed by atoms with van der Waals surface area (Å²) in [5.74, 6) is -1.03. The molecule has 5 nitrogen and oxygen atoms in total. The standard InChI is InChI=1S/C18H18F2N2O3/c1-24-15-7-11-3-5-22(6-4-12(11)8-16(15)25-2)18(23)17-14(20)9-13(19)10-21-17/h7-10H,3-6H2,1-2H3. The van der Waals surface area contributed by atoms with Crippen molar-refractivity contribution in [3.8, 4) is 11.5 Å². The van der Waals surface area contributed by atoms with E-state index in [1.807, 2.05) is 12.1 Å². The molecule has 25 heavy (non-hydrogen) atoms. The molecule has 1 aromatic carbocycles.